The van der Waals surface area contributed by atoms with Gasteiger partial charge < -0.3 is 15.0 Å². The maximum Gasteiger partial charge on any atom is 0.244 e. The molecule has 0 bridgehead atoms. The third kappa shape index (κ3) is 5.80. The van der Waals surface area contributed by atoms with E-state index in [1.165, 1.54) is 16.0 Å². The molecule has 3 rings (SSSR count). The van der Waals surface area contributed by atoms with Gasteiger partial charge in [0.15, 0.2) is 0 Å². The molecule has 0 aromatic heterocycles. The Bertz CT molecular complexity index is 770. The lowest BCUT2D eigenvalue weighted by atomic mass is 10.1. The van der Waals surface area contributed by atoms with Gasteiger partial charge in [-0.25, -0.2) is 0 Å². The minimum Gasteiger partial charge on any atom is -0.370 e. The quantitative estimate of drug-likeness (QED) is 0.710. The summed E-state index contributed by atoms with van der Waals surface area (Å²) >= 11 is 3.43. The first-order chi connectivity index (χ1) is 12.7. The van der Waals surface area contributed by atoms with Gasteiger partial charge >= 0.3 is 0 Å². The molecule has 1 aliphatic heterocycles. The van der Waals surface area contributed by atoms with Crippen molar-refractivity contribution in [1.29, 1.82) is 0 Å². The second-order valence-electron chi connectivity index (χ2n) is 6.41. The average molecular weight is 416 g/mol. The Labute approximate surface area is 163 Å². The minimum absolute atomic E-state index is 0.0847. The summed E-state index contributed by atoms with van der Waals surface area (Å²) in [6, 6.07) is 16.2. The number of rotatable bonds is 6. The van der Waals surface area contributed by atoms with Crippen molar-refractivity contribution in [3.05, 3.63) is 75.8 Å². The molecule has 26 heavy (non-hydrogen) atoms. The standard InChI is InChI=1S/C21H23BrN2O2/c22-20-7-3-4-17(14-20)8-9-21(25)23-15-18-5-1-2-6-19(18)16-24-10-12-26-13-11-24/h1-9,14H,10-13,15-16H2,(H,23,25)/p+1/b9-8+. The second kappa shape index (κ2) is 9.67. The number of amides is 1. The average Bonchev–Trinajstić information content (AvgIpc) is 2.66. The van der Waals surface area contributed by atoms with E-state index in [0.717, 1.165) is 42.9 Å². The molecule has 0 atom stereocenters. The molecule has 1 aliphatic rings. The predicted octanol–water partition coefficient (Wildman–Crippen LogP) is 2.19. The van der Waals surface area contributed by atoms with Crippen LogP contribution in [-0.2, 0) is 22.6 Å². The van der Waals surface area contributed by atoms with Crippen molar-refractivity contribution in [1.82, 2.24) is 5.32 Å². The highest BCUT2D eigenvalue weighted by molar-refractivity contribution is 9.10. The minimum atomic E-state index is -0.0847. The molecule has 0 spiro atoms. The Morgan fingerprint density at radius 1 is 1.12 bits per heavy atom. The molecule has 136 valence electrons. The van der Waals surface area contributed by atoms with Crippen LogP contribution < -0.4 is 10.2 Å². The van der Waals surface area contributed by atoms with Crippen LogP contribution in [-0.4, -0.2) is 32.2 Å². The molecule has 5 heteroatoms. The number of carbonyl (C=O) groups is 1. The van der Waals surface area contributed by atoms with Gasteiger partial charge in [0.2, 0.25) is 5.91 Å². The molecule has 0 unspecified atom stereocenters. The lowest BCUT2D eigenvalue weighted by Gasteiger charge is -2.24. The summed E-state index contributed by atoms with van der Waals surface area (Å²) < 4.78 is 6.43. The molecule has 1 fully saturated rings. The zero-order chi connectivity index (χ0) is 18.2. The van der Waals surface area contributed by atoms with Crippen LogP contribution in [0.15, 0.2) is 59.1 Å². The molecule has 0 aliphatic carbocycles. The van der Waals surface area contributed by atoms with Crippen LogP contribution in [0, 0.1) is 0 Å². The van der Waals surface area contributed by atoms with Crippen molar-refractivity contribution < 1.29 is 14.4 Å². The highest BCUT2D eigenvalue weighted by atomic mass is 79.9. The van der Waals surface area contributed by atoms with Crippen LogP contribution in [0.25, 0.3) is 6.08 Å². The predicted molar refractivity (Wildman–Crippen MR) is 107 cm³/mol. The van der Waals surface area contributed by atoms with Gasteiger partial charge in [0.25, 0.3) is 0 Å². The first-order valence-electron chi connectivity index (χ1n) is 8.90. The van der Waals surface area contributed by atoms with Crippen molar-refractivity contribution >= 4 is 27.9 Å². The Hall–Kier alpha value is -1.95. The molecule has 2 aromatic carbocycles. The maximum atomic E-state index is 12.1. The number of quaternary nitrogens is 1. The summed E-state index contributed by atoms with van der Waals surface area (Å²) in [6.45, 7) is 5.25. The van der Waals surface area contributed by atoms with E-state index in [1.54, 1.807) is 6.08 Å². The normalized spacial score (nSPS) is 15.3. The number of nitrogens with one attached hydrogen (secondary N) is 2. The van der Waals surface area contributed by atoms with E-state index in [2.05, 4.69) is 39.4 Å². The number of hydrogen-bond acceptors (Lipinski definition) is 2. The molecule has 1 heterocycles. The van der Waals surface area contributed by atoms with Crippen molar-refractivity contribution in [2.75, 3.05) is 26.3 Å². The van der Waals surface area contributed by atoms with Crippen molar-refractivity contribution in [2.45, 2.75) is 13.1 Å². The van der Waals surface area contributed by atoms with Crippen molar-refractivity contribution in [2.24, 2.45) is 0 Å². The number of carbonyl (C=O) groups excluding carboxylic acids is 1. The Balaban J connectivity index is 1.56. The van der Waals surface area contributed by atoms with E-state index < -0.39 is 0 Å². The summed E-state index contributed by atoms with van der Waals surface area (Å²) in [5, 5.41) is 2.99. The van der Waals surface area contributed by atoms with E-state index in [0.29, 0.717) is 6.54 Å². The molecular weight excluding hydrogens is 392 g/mol. The van der Waals surface area contributed by atoms with Crippen LogP contribution in [0.3, 0.4) is 0 Å². The topological polar surface area (TPSA) is 42.8 Å². The fourth-order valence-corrected chi connectivity index (χ4v) is 3.45. The van der Waals surface area contributed by atoms with Gasteiger partial charge in [0.05, 0.1) is 13.2 Å². The molecule has 1 amide bonds. The lowest BCUT2D eigenvalue weighted by Crippen LogP contribution is -3.12. The summed E-state index contributed by atoms with van der Waals surface area (Å²) in [5.41, 5.74) is 3.46. The van der Waals surface area contributed by atoms with E-state index in [1.807, 2.05) is 36.4 Å². The first-order valence-corrected chi connectivity index (χ1v) is 9.69. The van der Waals surface area contributed by atoms with Crippen LogP contribution in [0.4, 0.5) is 0 Å². The first kappa shape index (κ1) is 18.8. The van der Waals surface area contributed by atoms with Gasteiger partial charge in [0.1, 0.15) is 19.6 Å². The van der Waals surface area contributed by atoms with E-state index in [-0.39, 0.29) is 5.91 Å². The summed E-state index contributed by atoms with van der Waals surface area (Å²) in [6.07, 6.45) is 3.40. The van der Waals surface area contributed by atoms with Crippen LogP contribution in [0.1, 0.15) is 16.7 Å². The fraction of sp³-hybridized carbons (Fsp3) is 0.286. The SMILES string of the molecule is O=C(/C=C/c1cccc(Br)c1)NCc1ccccc1C[NH+]1CCOCC1. The van der Waals surface area contributed by atoms with Gasteiger partial charge in [-0.1, -0.05) is 52.3 Å². The second-order valence-corrected chi connectivity index (χ2v) is 7.33. The monoisotopic (exact) mass is 415 g/mol. The smallest absolute Gasteiger partial charge is 0.244 e. The van der Waals surface area contributed by atoms with Crippen LogP contribution >= 0.6 is 15.9 Å². The van der Waals surface area contributed by atoms with E-state index >= 15 is 0 Å². The van der Waals surface area contributed by atoms with Gasteiger partial charge in [-0.15, -0.1) is 0 Å². The molecule has 2 aromatic rings. The largest absolute Gasteiger partial charge is 0.370 e. The summed E-state index contributed by atoms with van der Waals surface area (Å²) in [4.78, 5) is 13.7. The van der Waals surface area contributed by atoms with Gasteiger partial charge in [-0.05, 0) is 29.3 Å². The third-order valence-electron chi connectivity index (χ3n) is 4.49. The molecule has 4 nitrogen and oxygen atoms in total. The zero-order valence-electron chi connectivity index (χ0n) is 14.7. The molecular formula is C21H24BrN2O2+. The highest BCUT2D eigenvalue weighted by Crippen LogP contribution is 2.12. The summed E-state index contributed by atoms with van der Waals surface area (Å²) in [7, 11) is 0. The Morgan fingerprint density at radius 2 is 1.88 bits per heavy atom. The molecule has 2 N–H and O–H groups in total. The highest BCUT2D eigenvalue weighted by Gasteiger charge is 2.15. The molecule has 1 saturated heterocycles. The number of hydrogen-bond donors (Lipinski definition) is 2. The van der Waals surface area contributed by atoms with E-state index in [4.69, 9.17) is 4.74 Å². The zero-order valence-corrected chi connectivity index (χ0v) is 16.3. The Morgan fingerprint density at radius 3 is 2.65 bits per heavy atom. The lowest BCUT2D eigenvalue weighted by molar-refractivity contribution is -0.921. The van der Waals surface area contributed by atoms with Crippen LogP contribution in [0.5, 0.6) is 0 Å². The molecule has 0 radical (unpaired) electrons. The van der Waals surface area contributed by atoms with Crippen LogP contribution in [0.2, 0.25) is 0 Å². The number of halogens is 1. The number of ether oxygens (including phenoxy) is 1. The van der Waals surface area contributed by atoms with Gasteiger partial charge in [-0.3, -0.25) is 4.79 Å². The Kier molecular flexibility index (Phi) is 7.00. The molecule has 0 saturated carbocycles. The number of morpholine rings is 1. The maximum absolute atomic E-state index is 12.1. The fourth-order valence-electron chi connectivity index (χ4n) is 3.03. The van der Waals surface area contributed by atoms with Gasteiger partial charge in [0, 0.05) is 22.7 Å². The van der Waals surface area contributed by atoms with Gasteiger partial charge in [-0.2, -0.15) is 0 Å². The third-order valence-corrected chi connectivity index (χ3v) is 4.98. The van der Waals surface area contributed by atoms with E-state index in [9.17, 15) is 4.79 Å². The van der Waals surface area contributed by atoms with Crippen molar-refractivity contribution in [3.8, 4) is 0 Å². The number of benzene rings is 2. The summed E-state index contributed by atoms with van der Waals surface area (Å²) in [5.74, 6) is -0.0847. The van der Waals surface area contributed by atoms with Crippen molar-refractivity contribution in [3.63, 3.8) is 0 Å².